The summed E-state index contributed by atoms with van der Waals surface area (Å²) in [5.74, 6) is -0.366. The van der Waals surface area contributed by atoms with Crippen molar-refractivity contribution in [2.75, 3.05) is 31.7 Å². The quantitative estimate of drug-likeness (QED) is 0.830. The summed E-state index contributed by atoms with van der Waals surface area (Å²) in [5, 5.41) is 8.67. The fourth-order valence-electron chi connectivity index (χ4n) is 2.09. The van der Waals surface area contributed by atoms with Gasteiger partial charge in [0, 0.05) is 13.1 Å². The van der Waals surface area contributed by atoms with Gasteiger partial charge in [0.15, 0.2) is 0 Å². The van der Waals surface area contributed by atoms with Crippen molar-refractivity contribution in [1.29, 1.82) is 0 Å². The topological polar surface area (TPSA) is 97.7 Å². The zero-order chi connectivity index (χ0) is 15.2. The van der Waals surface area contributed by atoms with Gasteiger partial charge in [0.1, 0.15) is 0 Å². The molecule has 116 valence electrons. The van der Waals surface area contributed by atoms with Gasteiger partial charge < -0.3 is 19.5 Å². The molecule has 0 amide bonds. The Hall–Kier alpha value is -1.67. The molecule has 1 aromatic heterocycles. The molecule has 0 atom stereocenters. The van der Waals surface area contributed by atoms with Crippen molar-refractivity contribution in [3.05, 3.63) is 5.28 Å². The number of anilines is 1. The number of carbonyl (C=O) groups is 1. The minimum atomic E-state index is -0.848. The van der Waals surface area contributed by atoms with E-state index in [4.69, 9.17) is 26.2 Å². The standard InChI is InChI=1S/C12H17ClN4O4/c1-20-12-15-10(13)14-11(16-12)17-5-2-8(3-6-17)21-7-4-9(18)19/h8H,2-7H2,1H3,(H,18,19). The van der Waals surface area contributed by atoms with Gasteiger partial charge >= 0.3 is 12.0 Å². The maximum absolute atomic E-state index is 10.4. The predicted molar refractivity (Wildman–Crippen MR) is 74.8 cm³/mol. The highest BCUT2D eigenvalue weighted by atomic mass is 35.5. The van der Waals surface area contributed by atoms with Crippen molar-refractivity contribution in [2.24, 2.45) is 0 Å². The number of piperidine rings is 1. The molecule has 0 aliphatic carbocycles. The van der Waals surface area contributed by atoms with Crippen LogP contribution < -0.4 is 9.64 Å². The Labute approximate surface area is 127 Å². The van der Waals surface area contributed by atoms with Crippen molar-refractivity contribution >= 4 is 23.5 Å². The first-order valence-corrected chi connectivity index (χ1v) is 7.00. The van der Waals surface area contributed by atoms with Gasteiger partial charge in [-0.05, 0) is 24.4 Å². The Morgan fingerprint density at radius 3 is 2.71 bits per heavy atom. The molecule has 1 fully saturated rings. The normalized spacial score (nSPS) is 16.0. The van der Waals surface area contributed by atoms with Crippen LogP contribution in [0, 0.1) is 0 Å². The van der Waals surface area contributed by atoms with Crippen LogP contribution >= 0.6 is 11.6 Å². The number of rotatable bonds is 6. The van der Waals surface area contributed by atoms with Crippen LogP contribution in [0.3, 0.4) is 0 Å². The first-order valence-electron chi connectivity index (χ1n) is 6.62. The van der Waals surface area contributed by atoms with Gasteiger partial charge in [-0.2, -0.15) is 15.0 Å². The van der Waals surface area contributed by atoms with Crippen molar-refractivity contribution < 1.29 is 19.4 Å². The first-order chi connectivity index (χ1) is 10.1. The third kappa shape index (κ3) is 4.68. The predicted octanol–water partition coefficient (Wildman–Crippen LogP) is 0.994. The van der Waals surface area contributed by atoms with Gasteiger partial charge in [-0.15, -0.1) is 0 Å². The number of halogens is 1. The molecule has 1 aromatic rings. The van der Waals surface area contributed by atoms with Crippen LogP contribution in [0.15, 0.2) is 0 Å². The molecule has 1 saturated heterocycles. The highest BCUT2D eigenvalue weighted by molar-refractivity contribution is 6.28. The average molecular weight is 317 g/mol. The van der Waals surface area contributed by atoms with Crippen molar-refractivity contribution in [1.82, 2.24) is 15.0 Å². The van der Waals surface area contributed by atoms with E-state index in [1.54, 1.807) is 0 Å². The number of ether oxygens (including phenoxy) is 2. The fraction of sp³-hybridized carbons (Fsp3) is 0.667. The molecule has 2 rings (SSSR count). The number of methoxy groups -OCH3 is 1. The number of hydrogen-bond donors (Lipinski definition) is 1. The first kappa shape index (κ1) is 15.7. The van der Waals surface area contributed by atoms with Gasteiger partial charge in [-0.3, -0.25) is 4.79 Å². The van der Waals surface area contributed by atoms with Crippen LogP contribution in [-0.2, 0) is 9.53 Å². The van der Waals surface area contributed by atoms with Crippen LogP contribution in [0.1, 0.15) is 19.3 Å². The van der Waals surface area contributed by atoms with Crippen LogP contribution in [-0.4, -0.2) is 58.9 Å². The molecular weight excluding hydrogens is 300 g/mol. The smallest absolute Gasteiger partial charge is 0.322 e. The number of nitrogens with zero attached hydrogens (tertiary/aromatic N) is 4. The summed E-state index contributed by atoms with van der Waals surface area (Å²) in [6.07, 6.45) is 1.66. The Morgan fingerprint density at radius 2 is 2.10 bits per heavy atom. The van der Waals surface area contributed by atoms with E-state index in [0.717, 1.165) is 12.8 Å². The Balaban J connectivity index is 1.86. The summed E-state index contributed by atoms with van der Waals surface area (Å²) in [4.78, 5) is 24.5. The monoisotopic (exact) mass is 316 g/mol. The van der Waals surface area contributed by atoms with E-state index in [2.05, 4.69) is 15.0 Å². The summed E-state index contributed by atoms with van der Waals surface area (Å²) in [6.45, 7) is 1.66. The molecule has 0 radical (unpaired) electrons. The second kappa shape index (κ2) is 7.37. The van der Waals surface area contributed by atoms with Gasteiger partial charge in [0.2, 0.25) is 11.2 Å². The minimum absolute atomic E-state index is 0.0283. The van der Waals surface area contributed by atoms with Crippen molar-refractivity contribution in [3.8, 4) is 6.01 Å². The number of hydrogen-bond acceptors (Lipinski definition) is 7. The SMILES string of the molecule is COc1nc(Cl)nc(N2CCC(OCCC(=O)O)CC2)n1. The lowest BCUT2D eigenvalue weighted by Crippen LogP contribution is -2.38. The Bertz CT molecular complexity index is 494. The van der Waals surface area contributed by atoms with E-state index in [9.17, 15) is 4.79 Å². The van der Waals surface area contributed by atoms with E-state index >= 15 is 0 Å². The van der Waals surface area contributed by atoms with Crippen molar-refractivity contribution in [3.63, 3.8) is 0 Å². The Kier molecular flexibility index (Phi) is 5.51. The third-order valence-electron chi connectivity index (χ3n) is 3.15. The fourth-order valence-corrected chi connectivity index (χ4v) is 2.24. The number of aliphatic carboxylic acids is 1. The van der Waals surface area contributed by atoms with Gasteiger partial charge in [0.25, 0.3) is 0 Å². The van der Waals surface area contributed by atoms with Crippen molar-refractivity contribution in [2.45, 2.75) is 25.4 Å². The summed E-state index contributed by atoms with van der Waals surface area (Å²) < 4.78 is 10.5. The summed E-state index contributed by atoms with van der Waals surface area (Å²) in [7, 11) is 1.47. The maximum Gasteiger partial charge on any atom is 0.322 e. The summed E-state index contributed by atoms with van der Waals surface area (Å²) in [6, 6.07) is 0.185. The number of aromatic nitrogens is 3. The molecule has 0 spiro atoms. The third-order valence-corrected chi connectivity index (χ3v) is 3.32. The summed E-state index contributed by atoms with van der Waals surface area (Å²) >= 11 is 5.83. The lowest BCUT2D eigenvalue weighted by atomic mass is 10.1. The van der Waals surface area contributed by atoms with E-state index in [1.807, 2.05) is 4.90 Å². The molecule has 0 aromatic carbocycles. The van der Waals surface area contributed by atoms with Gasteiger partial charge in [-0.1, -0.05) is 0 Å². The van der Waals surface area contributed by atoms with Crippen LogP contribution in [0.5, 0.6) is 6.01 Å². The largest absolute Gasteiger partial charge is 0.481 e. The van der Waals surface area contributed by atoms with Gasteiger partial charge in [0.05, 0.1) is 26.2 Å². The molecule has 8 nitrogen and oxygen atoms in total. The molecule has 1 N–H and O–H groups in total. The number of carboxylic acid groups (broad SMARTS) is 1. The van der Waals surface area contributed by atoms with Crippen LogP contribution in [0.25, 0.3) is 0 Å². The summed E-state index contributed by atoms with van der Waals surface area (Å²) in [5.41, 5.74) is 0. The van der Waals surface area contributed by atoms with Crippen LogP contribution in [0.2, 0.25) is 5.28 Å². The molecule has 0 saturated carbocycles. The Morgan fingerprint density at radius 1 is 1.38 bits per heavy atom. The molecule has 2 heterocycles. The minimum Gasteiger partial charge on any atom is -0.481 e. The molecule has 0 unspecified atom stereocenters. The maximum atomic E-state index is 10.4. The van der Waals surface area contributed by atoms with E-state index in [1.165, 1.54) is 7.11 Å². The highest BCUT2D eigenvalue weighted by Crippen LogP contribution is 2.20. The molecule has 21 heavy (non-hydrogen) atoms. The zero-order valence-electron chi connectivity index (χ0n) is 11.7. The average Bonchev–Trinajstić information content (AvgIpc) is 2.47. The molecular formula is C12H17ClN4O4. The molecule has 1 aliphatic rings. The van der Waals surface area contributed by atoms with E-state index < -0.39 is 5.97 Å². The number of carboxylic acids is 1. The second-order valence-electron chi connectivity index (χ2n) is 4.59. The van der Waals surface area contributed by atoms with Gasteiger partial charge in [-0.25, -0.2) is 0 Å². The van der Waals surface area contributed by atoms with E-state index in [0.29, 0.717) is 19.0 Å². The highest BCUT2D eigenvalue weighted by Gasteiger charge is 2.22. The van der Waals surface area contributed by atoms with Crippen LogP contribution in [0.4, 0.5) is 5.95 Å². The molecule has 1 aliphatic heterocycles. The lowest BCUT2D eigenvalue weighted by Gasteiger charge is -2.31. The van der Waals surface area contributed by atoms with E-state index in [-0.39, 0.29) is 30.4 Å². The lowest BCUT2D eigenvalue weighted by molar-refractivity contribution is -0.138. The zero-order valence-corrected chi connectivity index (χ0v) is 12.4. The molecule has 0 bridgehead atoms. The second-order valence-corrected chi connectivity index (χ2v) is 4.93. The molecule has 9 heteroatoms.